The van der Waals surface area contributed by atoms with E-state index < -0.39 is 0 Å². The first kappa shape index (κ1) is 7.84. The van der Waals surface area contributed by atoms with Gasteiger partial charge in [-0.05, 0) is 26.7 Å². The van der Waals surface area contributed by atoms with Gasteiger partial charge in [0.15, 0.2) is 0 Å². The Labute approximate surface area is 72.6 Å². The molecule has 0 unspecified atom stereocenters. The van der Waals surface area contributed by atoms with Crippen molar-refractivity contribution in [2.45, 2.75) is 38.7 Å². The van der Waals surface area contributed by atoms with Crippen LogP contribution in [0.25, 0.3) is 0 Å². The molecule has 1 fully saturated rings. The molecule has 0 radical (unpaired) electrons. The van der Waals surface area contributed by atoms with Gasteiger partial charge in [-0.25, -0.2) is 0 Å². The van der Waals surface area contributed by atoms with Crippen molar-refractivity contribution in [3.05, 3.63) is 11.6 Å². The van der Waals surface area contributed by atoms with E-state index in [1.807, 2.05) is 0 Å². The van der Waals surface area contributed by atoms with Crippen molar-refractivity contribution >= 4 is 5.97 Å². The highest BCUT2D eigenvalue weighted by Gasteiger charge is 2.46. The minimum atomic E-state index is -0.185. The van der Waals surface area contributed by atoms with Gasteiger partial charge >= 0.3 is 5.97 Å². The zero-order valence-corrected chi connectivity index (χ0v) is 7.59. The number of hydrogen-bond donors (Lipinski definition) is 0. The van der Waals surface area contributed by atoms with Gasteiger partial charge in [-0.3, -0.25) is 4.79 Å². The summed E-state index contributed by atoms with van der Waals surface area (Å²) in [5, 5.41) is 0. The number of fused-ring (bicyclic) bond motifs is 1. The van der Waals surface area contributed by atoms with Crippen molar-refractivity contribution in [3.63, 3.8) is 0 Å². The molecule has 0 spiro atoms. The molecule has 0 amide bonds. The van der Waals surface area contributed by atoms with Gasteiger partial charge in [0.05, 0.1) is 6.42 Å². The molecule has 1 heterocycles. The molecule has 1 aliphatic heterocycles. The molecule has 2 aliphatic rings. The SMILES string of the molecule is CC1=CCC[C@]2(C)OC(=O)C[C@H]12. The van der Waals surface area contributed by atoms with Crippen molar-refractivity contribution in [2.24, 2.45) is 5.92 Å². The fourth-order valence-corrected chi connectivity index (χ4v) is 2.35. The second-order valence-corrected chi connectivity index (χ2v) is 4.03. The molecular formula is C10H14O2. The van der Waals surface area contributed by atoms with Crippen molar-refractivity contribution in [3.8, 4) is 0 Å². The van der Waals surface area contributed by atoms with Gasteiger partial charge in [0.1, 0.15) is 5.60 Å². The fourth-order valence-electron chi connectivity index (χ4n) is 2.35. The molecule has 0 aromatic heterocycles. The van der Waals surface area contributed by atoms with Crippen LogP contribution in [0.2, 0.25) is 0 Å². The Kier molecular flexibility index (Phi) is 1.53. The molecule has 0 aromatic carbocycles. The summed E-state index contributed by atoms with van der Waals surface area (Å²) in [4.78, 5) is 11.1. The van der Waals surface area contributed by atoms with Crippen molar-refractivity contribution in [1.29, 1.82) is 0 Å². The minimum Gasteiger partial charge on any atom is -0.459 e. The van der Waals surface area contributed by atoms with Gasteiger partial charge in [-0.15, -0.1) is 0 Å². The average molecular weight is 166 g/mol. The summed E-state index contributed by atoms with van der Waals surface area (Å²) in [6.45, 7) is 4.16. The molecule has 66 valence electrons. The van der Waals surface area contributed by atoms with Gasteiger partial charge < -0.3 is 4.74 Å². The third kappa shape index (κ3) is 0.977. The van der Waals surface area contributed by atoms with Gasteiger partial charge in [-0.2, -0.15) is 0 Å². The van der Waals surface area contributed by atoms with Crippen LogP contribution in [0.3, 0.4) is 0 Å². The summed E-state index contributed by atoms with van der Waals surface area (Å²) in [7, 11) is 0. The van der Waals surface area contributed by atoms with Crippen molar-refractivity contribution < 1.29 is 9.53 Å². The zero-order chi connectivity index (χ0) is 8.77. The van der Waals surface area contributed by atoms with Crippen LogP contribution in [0, 0.1) is 5.92 Å². The Balaban J connectivity index is 2.32. The van der Waals surface area contributed by atoms with Crippen LogP contribution >= 0.6 is 0 Å². The average Bonchev–Trinajstić information content (AvgIpc) is 2.26. The largest absolute Gasteiger partial charge is 0.459 e. The van der Waals surface area contributed by atoms with E-state index in [2.05, 4.69) is 19.9 Å². The first-order valence-electron chi connectivity index (χ1n) is 4.50. The van der Waals surface area contributed by atoms with E-state index in [1.54, 1.807) is 0 Å². The lowest BCUT2D eigenvalue weighted by Crippen LogP contribution is -2.34. The summed E-state index contributed by atoms with van der Waals surface area (Å²) < 4.78 is 5.34. The minimum absolute atomic E-state index is 0.0304. The normalized spacial score (nSPS) is 40.3. The first-order valence-corrected chi connectivity index (χ1v) is 4.50. The summed E-state index contributed by atoms with van der Waals surface area (Å²) in [6, 6.07) is 0. The molecule has 0 saturated carbocycles. The van der Waals surface area contributed by atoms with Crippen LogP contribution in [-0.2, 0) is 9.53 Å². The number of ether oxygens (including phenoxy) is 1. The number of rotatable bonds is 0. The summed E-state index contributed by atoms with van der Waals surface area (Å²) >= 11 is 0. The maximum atomic E-state index is 11.1. The molecule has 0 aromatic rings. The molecule has 2 rings (SSSR count). The van der Waals surface area contributed by atoms with E-state index in [4.69, 9.17) is 4.74 Å². The lowest BCUT2D eigenvalue weighted by Gasteiger charge is -2.33. The van der Waals surface area contributed by atoms with Gasteiger partial charge in [0.25, 0.3) is 0 Å². The number of carbonyl (C=O) groups is 1. The Morgan fingerprint density at radius 1 is 1.67 bits per heavy atom. The summed E-state index contributed by atoms with van der Waals surface area (Å²) in [5.74, 6) is 0.316. The van der Waals surface area contributed by atoms with Crippen LogP contribution in [0.4, 0.5) is 0 Å². The highest BCUT2D eigenvalue weighted by molar-refractivity contribution is 5.73. The molecule has 0 N–H and O–H groups in total. The van der Waals surface area contributed by atoms with Crippen LogP contribution in [-0.4, -0.2) is 11.6 Å². The van der Waals surface area contributed by atoms with E-state index in [0.29, 0.717) is 12.3 Å². The number of carbonyl (C=O) groups excluding carboxylic acids is 1. The lowest BCUT2D eigenvalue weighted by atomic mass is 9.76. The fraction of sp³-hybridized carbons (Fsp3) is 0.700. The summed E-state index contributed by atoms with van der Waals surface area (Å²) in [6.07, 6.45) is 4.85. The predicted molar refractivity (Wildman–Crippen MR) is 45.6 cm³/mol. The van der Waals surface area contributed by atoms with E-state index in [9.17, 15) is 4.79 Å². The van der Waals surface area contributed by atoms with Crippen LogP contribution in [0.5, 0.6) is 0 Å². The van der Waals surface area contributed by atoms with Crippen molar-refractivity contribution in [1.82, 2.24) is 0 Å². The Bertz CT molecular complexity index is 255. The number of hydrogen-bond acceptors (Lipinski definition) is 2. The predicted octanol–water partition coefficient (Wildman–Crippen LogP) is 2.05. The van der Waals surface area contributed by atoms with E-state index in [-0.39, 0.29) is 11.6 Å². The maximum absolute atomic E-state index is 11.1. The highest BCUT2D eigenvalue weighted by atomic mass is 16.6. The lowest BCUT2D eigenvalue weighted by molar-refractivity contribution is -0.148. The molecule has 2 heteroatoms. The standard InChI is InChI=1S/C10H14O2/c1-7-4-3-5-10(2)8(7)6-9(11)12-10/h4,8H,3,5-6H2,1-2H3/t8-,10+/m1/s1. The van der Waals surface area contributed by atoms with Crippen LogP contribution < -0.4 is 0 Å². The quantitative estimate of drug-likeness (QED) is 0.406. The third-order valence-electron chi connectivity index (χ3n) is 3.11. The maximum Gasteiger partial charge on any atom is 0.307 e. The second-order valence-electron chi connectivity index (χ2n) is 4.03. The molecular weight excluding hydrogens is 152 g/mol. The monoisotopic (exact) mass is 166 g/mol. The van der Waals surface area contributed by atoms with E-state index >= 15 is 0 Å². The van der Waals surface area contributed by atoms with Gasteiger partial charge in [0.2, 0.25) is 0 Å². The number of allylic oxidation sites excluding steroid dienone is 1. The molecule has 2 nitrogen and oxygen atoms in total. The highest BCUT2D eigenvalue weighted by Crippen LogP contribution is 2.43. The molecule has 0 bridgehead atoms. The van der Waals surface area contributed by atoms with E-state index in [1.165, 1.54) is 5.57 Å². The Hall–Kier alpha value is -0.790. The second kappa shape index (κ2) is 2.35. The molecule has 12 heavy (non-hydrogen) atoms. The van der Waals surface area contributed by atoms with Crippen LogP contribution in [0.1, 0.15) is 33.1 Å². The van der Waals surface area contributed by atoms with Gasteiger partial charge in [-0.1, -0.05) is 11.6 Å². The summed E-state index contributed by atoms with van der Waals surface area (Å²) in [5.41, 5.74) is 1.14. The Morgan fingerprint density at radius 2 is 2.42 bits per heavy atom. The van der Waals surface area contributed by atoms with Crippen LogP contribution in [0.15, 0.2) is 11.6 Å². The zero-order valence-electron chi connectivity index (χ0n) is 7.59. The third-order valence-corrected chi connectivity index (χ3v) is 3.11. The molecule has 2 atom stereocenters. The van der Waals surface area contributed by atoms with E-state index in [0.717, 1.165) is 12.8 Å². The smallest absolute Gasteiger partial charge is 0.307 e. The topological polar surface area (TPSA) is 26.3 Å². The number of esters is 1. The van der Waals surface area contributed by atoms with Gasteiger partial charge in [0, 0.05) is 5.92 Å². The van der Waals surface area contributed by atoms with Crippen molar-refractivity contribution in [2.75, 3.05) is 0 Å². The molecule has 1 aliphatic carbocycles. The molecule has 1 saturated heterocycles. The Morgan fingerprint density at radius 3 is 3.08 bits per heavy atom. The first-order chi connectivity index (χ1) is 5.62.